The third-order valence-corrected chi connectivity index (χ3v) is 3.19. The van der Waals surface area contributed by atoms with Crippen molar-refractivity contribution in [2.75, 3.05) is 6.61 Å². The van der Waals surface area contributed by atoms with Crippen molar-refractivity contribution in [2.24, 2.45) is 0 Å². The molecule has 0 aliphatic heterocycles. The molecule has 106 valence electrons. The van der Waals surface area contributed by atoms with Gasteiger partial charge in [0.25, 0.3) is 12.9 Å². The molecule has 0 amide bonds. The summed E-state index contributed by atoms with van der Waals surface area (Å²) >= 11 is 0. The smallest absolute Gasteiger partial charge is 0.280 e. The fourth-order valence-electron chi connectivity index (χ4n) is 2.29. The average molecular weight is 281 g/mol. The normalized spacial score (nSPS) is 22.1. The Morgan fingerprint density at radius 1 is 1.37 bits per heavy atom. The highest BCUT2D eigenvalue weighted by Gasteiger charge is 2.36. The van der Waals surface area contributed by atoms with E-state index in [1.165, 1.54) is 6.92 Å². The Balaban J connectivity index is 2.39. The predicted molar refractivity (Wildman–Crippen MR) is 57.7 cm³/mol. The van der Waals surface area contributed by atoms with E-state index in [0.29, 0.717) is 0 Å². The Labute approximate surface area is 106 Å². The molecule has 7 heteroatoms. The van der Waals surface area contributed by atoms with Crippen LogP contribution in [0.25, 0.3) is 0 Å². The van der Waals surface area contributed by atoms with Crippen LogP contribution in [0.4, 0.5) is 22.0 Å². The second kappa shape index (κ2) is 5.30. The first-order valence-corrected chi connectivity index (χ1v) is 5.76. The van der Waals surface area contributed by atoms with E-state index in [0.717, 1.165) is 6.20 Å². The van der Waals surface area contributed by atoms with Crippen molar-refractivity contribution in [2.45, 2.75) is 38.3 Å². The van der Waals surface area contributed by atoms with Crippen LogP contribution >= 0.6 is 0 Å². The average Bonchev–Trinajstić information content (AvgIpc) is 2.63. The highest BCUT2D eigenvalue weighted by atomic mass is 19.3. The van der Waals surface area contributed by atoms with E-state index in [1.54, 1.807) is 0 Å². The second-order valence-corrected chi connectivity index (χ2v) is 4.41. The molecule has 0 spiro atoms. The summed E-state index contributed by atoms with van der Waals surface area (Å²) < 4.78 is 68.3. The zero-order valence-electron chi connectivity index (χ0n) is 10.0. The summed E-state index contributed by atoms with van der Waals surface area (Å²) in [5.74, 6) is -0.770. The topological polar surface area (TPSA) is 22.1 Å². The number of aromatic nitrogens is 1. The minimum Gasteiger partial charge on any atom is -0.486 e. The summed E-state index contributed by atoms with van der Waals surface area (Å²) in [6, 6.07) is 0. The lowest BCUT2D eigenvalue weighted by atomic mass is 10.0. The highest BCUT2D eigenvalue weighted by molar-refractivity contribution is 5.48. The van der Waals surface area contributed by atoms with Crippen molar-refractivity contribution >= 4 is 0 Å². The van der Waals surface area contributed by atoms with Gasteiger partial charge in [0.1, 0.15) is 24.2 Å². The molecular weight excluding hydrogens is 269 g/mol. The summed E-state index contributed by atoms with van der Waals surface area (Å²) in [7, 11) is 0. The Kier molecular flexibility index (Phi) is 3.91. The van der Waals surface area contributed by atoms with Crippen LogP contribution in [0.3, 0.4) is 0 Å². The van der Waals surface area contributed by atoms with E-state index < -0.39 is 37.2 Å². The van der Waals surface area contributed by atoms with Crippen molar-refractivity contribution in [1.29, 1.82) is 0 Å². The fraction of sp³-hybridized carbons (Fsp3) is 0.583. The maximum atomic E-state index is 13.7. The number of ether oxygens (including phenoxy) is 1. The first-order valence-electron chi connectivity index (χ1n) is 5.76. The monoisotopic (exact) mass is 281 g/mol. The van der Waals surface area contributed by atoms with Gasteiger partial charge in [-0.1, -0.05) is 6.92 Å². The van der Waals surface area contributed by atoms with E-state index in [-0.39, 0.29) is 23.3 Å². The van der Waals surface area contributed by atoms with Gasteiger partial charge >= 0.3 is 0 Å². The Hall–Kier alpha value is -1.40. The first-order chi connectivity index (χ1) is 8.91. The number of halogens is 5. The zero-order valence-corrected chi connectivity index (χ0v) is 10.0. The van der Waals surface area contributed by atoms with Gasteiger partial charge in [-0.15, -0.1) is 0 Å². The maximum Gasteiger partial charge on any atom is 0.280 e. The third-order valence-electron chi connectivity index (χ3n) is 3.19. The van der Waals surface area contributed by atoms with Crippen LogP contribution in [0.1, 0.15) is 36.1 Å². The molecule has 1 heterocycles. The minimum absolute atomic E-state index is 0.0355. The van der Waals surface area contributed by atoms with Crippen molar-refractivity contribution in [1.82, 2.24) is 4.98 Å². The van der Waals surface area contributed by atoms with Gasteiger partial charge in [-0.05, 0) is 5.56 Å². The molecule has 0 bridgehead atoms. The summed E-state index contributed by atoms with van der Waals surface area (Å²) in [4.78, 5) is 3.53. The Bertz CT molecular complexity index is 466. The van der Waals surface area contributed by atoms with Crippen molar-refractivity contribution in [3.05, 3.63) is 23.0 Å². The van der Waals surface area contributed by atoms with Gasteiger partial charge in [0.05, 0.1) is 6.20 Å². The van der Waals surface area contributed by atoms with E-state index in [4.69, 9.17) is 4.74 Å². The van der Waals surface area contributed by atoms with Gasteiger partial charge in [0.2, 0.25) is 0 Å². The van der Waals surface area contributed by atoms with Gasteiger partial charge in [0.15, 0.2) is 0 Å². The molecule has 0 saturated carbocycles. The lowest BCUT2D eigenvalue weighted by Crippen LogP contribution is -2.10. The van der Waals surface area contributed by atoms with E-state index in [1.807, 2.05) is 0 Å². The highest BCUT2D eigenvalue weighted by Crippen LogP contribution is 2.43. The van der Waals surface area contributed by atoms with Crippen LogP contribution in [0.5, 0.6) is 5.75 Å². The molecule has 0 N–H and O–H groups in total. The number of rotatable bonds is 4. The van der Waals surface area contributed by atoms with Crippen LogP contribution in [-0.2, 0) is 6.42 Å². The van der Waals surface area contributed by atoms with Gasteiger partial charge in [-0.25, -0.2) is 22.0 Å². The summed E-state index contributed by atoms with van der Waals surface area (Å²) in [6.45, 7) is 0.606. The summed E-state index contributed by atoms with van der Waals surface area (Å²) in [6.07, 6.45) is -5.99. The lowest BCUT2D eigenvalue weighted by Gasteiger charge is -2.14. The molecular formula is C12H12F5NO. The van der Waals surface area contributed by atoms with Crippen LogP contribution in [0.15, 0.2) is 6.20 Å². The molecule has 0 unspecified atom stereocenters. The van der Waals surface area contributed by atoms with E-state index in [2.05, 4.69) is 4.98 Å². The molecule has 1 aliphatic rings. The number of pyridine rings is 1. The standard InChI is InChI=1S/C12H12F5NO/c1-5-7(13)2-6-8(19-4-9(14)15)3-18-11(10(5)6)12(16)17/h3,5,7,9,12H,2,4H2,1H3/t5-,7-/m1/s1. The molecule has 1 aromatic heterocycles. The molecule has 0 aromatic carbocycles. The van der Waals surface area contributed by atoms with Crippen molar-refractivity contribution in [3.63, 3.8) is 0 Å². The molecule has 0 radical (unpaired) electrons. The molecule has 2 nitrogen and oxygen atoms in total. The Morgan fingerprint density at radius 3 is 2.63 bits per heavy atom. The SMILES string of the molecule is C[C@H]1c2c(C(F)F)ncc(OCC(F)F)c2C[C@H]1F. The number of alkyl halides is 5. The van der Waals surface area contributed by atoms with E-state index in [9.17, 15) is 22.0 Å². The number of hydrogen-bond donors (Lipinski definition) is 0. The molecule has 1 aliphatic carbocycles. The summed E-state index contributed by atoms with van der Waals surface area (Å²) in [5, 5.41) is 0. The minimum atomic E-state index is -2.83. The molecule has 2 rings (SSSR count). The van der Waals surface area contributed by atoms with Gasteiger partial charge in [-0.2, -0.15) is 0 Å². The quantitative estimate of drug-likeness (QED) is 0.786. The van der Waals surface area contributed by atoms with Gasteiger partial charge in [0, 0.05) is 17.9 Å². The predicted octanol–water partition coefficient (Wildman–Crippen LogP) is 3.66. The largest absolute Gasteiger partial charge is 0.486 e. The number of hydrogen-bond acceptors (Lipinski definition) is 2. The molecule has 2 atom stereocenters. The maximum absolute atomic E-state index is 13.7. The number of fused-ring (bicyclic) bond motifs is 1. The molecule has 0 saturated heterocycles. The fourth-order valence-corrected chi connectivity index (χ4v) is 2.29. The van der Waals surface area contributed by atoms with Crippen molar-refractivity contribution in [3.8, 4) is 5.75 Å². The van der Waals surface area contributed by atoms with Gasteiger partial charge < -0.3 is 4.74 Å². The number of nitrogens with zero attached hydrogens (tertiary/aromatic N) is 1. The first kappa shape index (κ1) is 14.0. The van der Waals surface area contributed by atoms with E-state index >= 15 is 0 Å². The second-order valence-electron chi connectivity index (χ2n) is 4.41. The molecule has 0 fully saturated rings. The summed E-state index contributed by atoms with van der Waals surface area (Å²) in [5.41, 5.74) is -0.174. The Morgan fingerprint density at radius 2 is 2.05 bits per heavy atom. The molecule has 19 heavy (non-hydrogen) atoms. The molecule has 1 aromatic rings. The van der Waals surface area contributed by atoms with Crippen LogP contribution in [0, 0.1) is 0 Å². The van der Waals surface area contributed by atoms with Gasteiger partial charge in [-0.3, -0.25) is 4.98 Å². The zero-order chi connectivity index (χ0) is 14.2. The van der Waals surface area contributed by atoms with Crippen LogP contribution in [-0.4, -0.2) is 24.2 Å². The third kappa shape index (κ3) is 2.64. The van der Waals surface area contributed by atoms with Crippen molar-refractivity contribution < 1.29 is 26.7 Å². The van der Waals surface area contributed by atoms with Crippen LogP contribution in [0.2, 0.25) is 0 Å². The lowest BCUT2D eigenvalue weighted by molar-refractivity contribution is 0.0810. The van der Waals surface area contributed by atoms with Crippen LogP contribution < -0.4 is 4.74 Å².